The molecule has 6 rings (SSSR count). The molecule has 0 saturated heterocycles. The van der Waals surface area contributed by atoms with Gasteiger partial charge in [-0.15, -0.1) is 0 Å². The summed E-state index contributed by atoms with van der Waals surface area (Å²) >= 11 is 0. The van der Waals surface area contributed by atoms with Crippen LogP contribution < -0.4 is 4.90 Å². The first-order valence-electron chi connectivity index (χ1n) is 18.7. The molecule has 0 N–H and O–H groups in total. The number of anilines is 1. The Balaban J connectivity index is 1.65. The Hall–Kier alpha value is -3.73. The van der Waals surface area contributed by atoms with Gasteiger partial charge in [-0.2, -0.15) is 0 Å². The molecule has 1 amide bonds. The monoisotopic (exact) mass is 659 g/mol. The molecule has 4 aliphatic rings. The van der Waals surface area contributed by atoms with Crippen LogP contribution in [0.4, 0.5) is 5.69 Å². The van der Waals surface area contributed by atoms with Crippen molar-refractivity contribution >= 4 is 28.7 Å². The van der Waals surface area contributed by atoms with Gasteiger partial charge in [0.1, 0.15) is 5.78 Å². The second-order valence-electron chi connectivity index (χ2n) is 16.7. The fraction of sp³-hybridized carbons (Fsp3) is 0.523. The van der Waals surface area contributed by atoms with Crippen molar-refractivity contribution in [2.75, 3.05) is 38.1 Å². The Labute approximate surface area is 295 Å². The molecule has 0 fully saturated rings. The predicted octanol–water partition coefficient (Wildman–Crippen LogP) is 9.32. The molecule has 0 bridgehead atoms. The second-order valence-corrected chi connectivity index (χ2v) is 16.7. The summed E-state index contributed by atoms with van der Waals surface area (Å²) in [5, 5.41) is 0. The van der Waals surface area contributed by atoms with Crippen molar-refractivity contribution < 1.29 is 9.59 Å². The number of allylic oxidation sites excluding steroid dienone is 5. The molecule has 0 radical (unpaired) electrons. The van der Waals surface area contributed by atoms with Crippen LogP contribution in [0.5, 0.6) is 0 Å². The van der Waals surface area contributed by atoms with Crippen molar-refractivity contribution in [2.24, 2.45) is 16.3 Å². The normalized spacial score (nSPS) is 19.4. The fourth-order valence-electron chi connectivity index (χ4n) is 9.16. The molecular weight excluding hydrogens is 603 g/mol. The number of hydrogen-bond donors (Lipinski definition) is 0. The van der Waals surface area contributed by atoms with Gasteiger partial charge in [0, 0.05) is 56.3 Å². The molecule has 1 atom stereocenters. The Morgan fingerprint density at radius 3 is 2.45 bits per heavy atom. The molecule has 49 heavy (non-hydrogen) atoms. The number of aryl methyl sites for hydroxylation is 1. The van der Waals surface area contributed by atoms with Gasteiger partial charge in [0.2, 0.25) is 0 Å². The molecule has 0 spiro atoms. The van der Waals surface area contributed by atoms with E-state index in [4.69, 9.17) is 4.99 Å². The van der Waals surface area contributed by atoms with Crippen LogP contribution in [-0.4, -0.2) is 55.5 Å². The number of ketones is 1. The lowest BCUT2D eigenvalue weighted by Crippen LogP contribution is -2.39. The van der Waals surface area contributed by atoms with E-state index in [2.05, 4.69) is 83.7 Å². The summed E-state index contributed by atoms with van der Waals surface area (Å²) in [6.07, 6.45) is 11.6. The summed E-state index contributed by atoms with van der Waals surface area (Å²) in [6, 6.07) is 10.7. The summed E-state index contributed by atoms with van der Waals surface area (Å²) in [5.74, 6) is 0.485. The molecule has 0 aromatic heterocycles. The van der Waals surface area contributed by atoms with Gasteiger partial charge in [0.05, 0.1) is 5.71 Å². The van der Waals surface area contributed by atoms with Gasteiger partial charge in [-0.25, -0.2) is 0 Å². The number of Topliss-reactive ketones (excluding diaryl/α,β-unsaturated/α-hetero) is 1. The first-order valence-corrected chi connectivity index (χ1v) is 18.7. The Bertz CT molecular complexity index is 1790. The lowest BCUT2D eigenvalue weighted by Gasteiger charge is -2.46. The van der Waals surface area contributed by atoms with Crippen molar-refractivity contribution in [1.82, 2.24) is 4.90 Å². The van der Waals surface area contributed by atoms with Gasteiger partial charge < -0.3 is 14.6 Å². The first kappa shape index (κ1) is 35.1. The smallest absolute Gasteiger partial charge is 0.254 e. The summed E-state index contributed by atoms with van der Waals surface area (Å²) in [6.45, 7) is 21.5. The van der Waals surface area contributed by atoms with Crippen molar-refractivity contribution in [3.05, 3.63) is 92.6 Å². The largest absolute Gasteiger partial charge is 0.371 e. The Kier molecular flexibility index (Phi) is 9.69. The number of aliphatic imine (C=N–C) groups is 1. The van der Waals surface area contributed by atoms with Crippen LogP contribution in [0.25, 0.3) is 5.57 Å². The molecule has 5 nitrogen and oxygen atoms in total. The third kappa shape index (κ3) is 6.62. The molecule has 2 aliphatic carbocycles. The Morgan fingerprint density at radius 1 is 1.04 bits per heavy atom. The third-order valence-electron chi connectivity index (χ3n) is 11.1. The summed E-state index contributed by atoms with van der Waals surface area (Å²) < 4.78 is 0. The zero-order valence-electron chi connectivity index (χ0n) is 31.6. The van der Waals surface area contributed by atoms with Crippen molar-refractivity contribution in [3.63, 3.8) is 0 Å². The number of nitrogens with zero attached hydrogens (tertiary/aromatic N) is 3. The molecular formula is C44H57N3O2. The zero-order chi connectivity index (χ0) is 35.2. The van der Waals surface area contributed by atoms with Crippen LogP contribution in [0.3, 0.4) is 0 Å². The number of benzene rings is 2. The number of hydrogen-bond acceptors (Lipinski definition) is 4. The van der Waals surface area contributed by atoms with Gasteiger partial charge in [0.25, 0.3) is 5.91 Å². The fourth-order valence-corrected chi connectivity index (χ4v) is 9.16. The summed E-state index contributed by atoms with van der Waals surface area (Å²) in [7, 11) is 1.87. The maximum absolute atomic E-state index is 14.3. The van der Waals surface area contributed by atoms with E-state index in [9.17, 15) is 9.59 Å². The number of carbonyl (C=O) groups is 2. The van der Waals surface area contributed by atoms with Crippen molar-refractivity contribution in [2.45, 2.75) is 106 Å². The average Bonchev–Trinajstić information content (AvgIpc) is 3.04. The van der Waals surface area contributed by atoms with Crippen LogP contribution in [0.15, 0.2) is 64.2 Å². The Morgan fingerprint density at radius 2 is 1.76 bits per heavy atom. The van der Waals surface area contributed by atoms with E-state index in [0.717, 1.165) is 55.7 Å². The first-order chi connectivity index (χ1) is 23.2. The van der Waals surface area contributed by atoms with Crippen LogP contribution >= 0.6 is 0 Å². The molecule has 2 aromatic rings. The maximum atomic E-state index is 14.3. The lowest BCUT2D eigenvalue weighted by molar-refractivity contribution is -0.117. The van der Waals surface area contributed by atoms with Crippen LogP contribution in [0, 0.1) is 11.3 Å². The third-order valence-corrected chi connectivity index (χ3v) is 11.1. The standard InChI is InChI=1S/C44H57N3O2/c1-10-45-38-26-37-35(25-34(38)28(2)27-43(4,5)6)39(31-18-11-12-19-32(31)42(49)46(9)21-13-16-29(3)48)36-24-30-17-14-22-47-23-15-20-33(41(30)47)40(36)44(37,7)8/h11-12,18-19,24-26,28H,10,13-17,20-23,27H2,1-9H3. The van der Waals surface area contributed by atoms with Gasteiger partial charge in [-0.1, -0.05) is 59.7 Å². The minimum absolute atomic E-state index is 0.00369. The van der Waals surface area contributed by atoms with E-state index in [1.807, 2.05) is 19.2 Å². The van der Waals surface area contributed by atoms with Gasteiger partial charge in [-0.05, 0) is 138 Å². The molecule has 2 aromatic carbocycles. The zero-order valence-corrected chi connectivity index (χ0v) is 31.6. The number of amides is 1. The highest BCUT2D eigenvalue weighted by Gasteiger charge is 2.44. The average molecular weight is 660 g/mol. The van der Waals surface area contributed by atoms with E-state index in [1.54, 1.807) is 11.8 Å². The number of rotatable bonds is 9. The molecule has 2 aliphatic heterocycles. The van der Waals surface area contributed by atoms with Gasteiger partial charge >= 0.3 is 0 Å². The van der Waals surface area contributed by atoms with Crippen LogP contribution in [0.1, 0.15) is 126 Å². The highest BCUT2D eigenvalue weighted by Crippen LogP contribution is 2.55. The highest BCUT2D eigenvalue weighted by molar-refractivity contribution is 6.14. The molecule has 260 valence electrons. The minimum Gasteiger partial charge on any atom is -0.371 e. The second kappa shape index (κ2) is 13.5. The summed E-state index contributed by atoms with van der Waals surface area (Å²) in [4.78, 5) is 35.6. The quantitative estimate of drug-likeness (QED) is 0.270. The summed E-state index contributed by atoms with van der Waals surface area (Å²) in [5.41, 5.74) is 14.9. The van der Waals surface area contributed by atoms with E-state index < -0.39 is 0 Å². The predicted molar refractivity (Wildman–Crippen MR) is 205 cm³/mol. The lowest BCUT2D eigenvalue weighted by atomic mass is 9.60. The molecule has 0 saturated carbocycles. The highest BCUT2D eigenvalue weighted by atomic mass is 16.2. The number of carbonyl (C=O) groups excluding carboxylic acids is 2. The van der Waals surface area contributed by atoms with E-state index in [1.165, 1.54) is 63.1 Å². The van der Waals surface area contributed by atoms with Gasteiger partial charge in [0.15, 0.2) is 0 Å². The molecule has 2 heterocycles. The van der Waals surface area contributed by atoms with E-state index in [0.29, 0.717) is 25.3 Å². The van der Waals surface area contributed by atoms with Crippen molar-refractivity contribution in [1.29, 1.82) is 0 Å². The SMILES string of the molecule is CCN=C1C=C2C(=C(c3ccccc3C(=O)N(C)CCCC(C)=O)c3cc4c5c(c3C2(C)C)CCCN5CCC4)C=C1C(C)CC(C)(C)C. The van der Waals surface area contributed by atoms with E-state index in [-0.39, 0.29) is 22.5 Å². The number of fused-ring (bicyclic) bond motifs is 3. The molecule has 1 unspecified atom stereocenters. The maximum Gasteiger partial charge on any atom is 0.254 e. The van der Waals surface area contributed by atoms with E-state index >= 15 is 0 Å². The van der Waals surface area contributed by atoms with Crippen molar-refractivity contribution in [3.8, 4) is 0 Å². The van der Waals surface area contributed by atoms with Crippen LogP contribution in [-0.2, 0) is 23.1 Å². The minimum atomic E-state index is -0.245. The van der Waals surface area contributed by atoms with Gasteiger partial charge in [-0.3, -0.25) is 9.79 Å². The topological polar surface area (TPSA) is 53.0 Å². The van der Waals surface area contributed by atoms with Crippen LogP contribution in [0.2, 0.25) is 0 Å². The molecule has 5 heteroatoms.